The first-order valence-corrected chi connectivity index (χ1v) is 13.2. The SMILES string of the molecule is O=CC1(CNc2ccc(Cl)c(C(=O)Nc3ccc(F)cc3NC(=O)C(F)F)c2)C(c2ccc(Cl)c(Cl)c2)C1(Cl)Cl. The molecule has 2 unspecified atom stereocenters. The summed E-state index contributed by atoms with van der Waals surface area (Å²) in [6.45, 7) is -0.0289. The Morgan fingerprint density at radius 2 is 1.60 bits per heavy atom. The fourth-order valence-corrected chi connectivity index (χ4v) is 5.73. The lowest BCUT2D eigenvalue weighted by molar-refractivity contribution is -0.126. The molecule has 2 amide bonds. The first-order chi connectivity index (χ1) is 18.8. The van der Waals surface area contributed by atoms with Crippen molar-refractivity contribution in [1.29, 1.82) is 0 Å². The summed E-state index contributed by atoms with van der Waals surface area (Å²) in [6.07, 6.45) is -2.71. The van der Waals surface area contributed by atoms with Crippen LogP contribution in [0.4, 0.5) is 30.2 Å². The van der Waals surface area contributed by atoms with Gasteiger partial charge in [0.1, 0.15) is 16.4 Å². The third-order valence-corrected chi connectivity index (χ3v) is 8.59. The summed E-state index contributed by atoms with van der Waals surface area (Å²) in [7, 11) is 0. The molecule has 1 fully saturated rings. The molecule has 0 heterocycles. The Hall–Kier alpha value is -2.69. The number of rotatable bonds is 9. The summed E-state index contributed by atoms with van der Waals surface area (Å²) in [5, 5.41) is 7.93. The molecule has 0 radical (unpaired) electrons. The van der Waals surface area contributed by atoms with Crippen molar-refractivity contribution < 1.29 is 27.6 Å². The second-order valence-corrected chi connectivity index (χ2v) is 11.5. The topological polar surface area (TPSA) is 87.3 Å². The zero-order valence-corrected chi connectivity index (χ0v) is 23.7. The highest BCUT2D eigenvalue weighted by molar-refractivity contribution is 6.54. The molecule has 0 aliphatic heterocycles. The highest BCUT2D eigenvalue weighted by Gasteiger charge is 2.76. The molecule has 0 saturated heterocycles. The number of halogens is 8. The maximum Gasteiger partial charge on any atom is 0.315 e. The van der Waals surface area contributed by atoms with Gasteiger partial charge in [-0.1, -0.05) is 64.1 Å². The van der Waals surface area contributed by atoms with Gasteiger partial charge in [-0.3, -0.25) is 9.59 Å². The summed E-state index contributed by atoms with van der Waals surface area (Å²) >= 11 is 31.4. The van der Waals surface area contributed by atoms with E-state index in [-0.39, 0.29) is 33.5 Å². The van der Waals surface area contributed by atoms with E-state index in [2.05, 4.69) is 10.6 Å². The summed E-state index contributed by atoms with van der Waals surface area (Å²) in [4.78, 5) is 36.6. The predicted octanol–water partition coefficient (Wildman–Crippen LogP) is 7.81. The van der Waals surface area contributed by atoms with Crippen molar-refractivity contribution in [1.82, 2.24) is 0 Å². The molecule has 40 heavy (non-hydrogen) atoms. The van der Waals surface area contributed by atoms with E-state index in [1.54, 1.807) is 24.3 Å². The number of anilines is 3. The number of aldehydes is 1. The molecule has 1 aliphatic rings. The van der Waals surface area contributed by atoms with E-state index >= 15 is 0 Å². The van der Waals surface area contributed by atoms with Gasteiger partial charge in [0.05, 0.1) is 37.4 Å². The largest absolute Gasteiger partial charge is 0.384 e. The molecule has 0 aromatic heterocycles. The number of hydrogen-bond donors (Lipinski definition) is 3. The van der Waals surface area contributed by atoms with Crippen LogP contribution in [0.5, 0.6) is 0 Å². The van der Waals surface area contributed by atoms with Crippen LogP contribution in [-0.2, 0) is 9.59 Å². The molecule has 1 aliphatic carbocycles. The quantitative estimate of drug-likeness (QED) is 0.162. The van der Waals surface area contributed by atoms with Gasteiger partial charge < -0.3 is 20.7 Å². The van der Waals surface area contributed by atoms with Gasteiger partial charge in [0.2, 0.25) is 0 Å². The summed E-state index contributed by atoms with van der Waals surface area (Å²) in [5.41, 5.74) is -0.849. The van der Waals surface area contributed by atoms with Crippen molar-refractivity contribution in [2.24, 2.45) is 5.41 Å². The number of amides is 2. The van der Waals surface area contributed by atoms with Gasteiger partial charge in [0.25, 0.3) is 11.8 Å². The average Bonchev–Trinajstić information content (AvgIpc) is 3.40. The molecule has 0 bridgehead atoms. The first kappa shape index (κ1) is 30.3. The highest BCUT2D eigenvalue weighted by atomic mass is 35.5. The minimum Gasteiger partial charge on any atom is -0.384 e. The highest BCUT2D eigenvalue weighted by Crippen LogP contribution is 2.73. The van der Waals surface area contributed by atoms with Crippen molar-refractivity contribution in [2.75, 3.05) is 22.5 Å². The van der Waals surface area contributed by atoms with Crippen molar-refractivity contribution >= 4 is 93.2 Å². The van der Waals surface area contributed by atoms with E-state index in [4.69, 9.17) is 58.0 Å². The smallest absolute Gasteiger partial charge is 0.315 e. The van der Waals surface area contributed by atoms with E-state index in [1.807, 2.05) is 5.32 Å². The van der Waals surface area contributed by atoms with Crippen LogP contribution in [0.25, 0.3) is 0 Å². The number of benzene rings is 3. The van der Waals surface area contributed by atoms with Gasteiger partial charge >= 0.3 is 6.43 Å². The lowest BCUT2D eigenvalue weighted by Gasteiger charge is -2.16. The molecule has 2 atom stereocenters. The molecule has 1 saturated carbocycles. The molecule has 3 aromatic rings. The molecule has 6 nitrogen and oxygen atoms in total. The monoisotopic (exact) mass is 651 g/mol. The Bertz CT molecular complexity index is 1510. The van der Waals surface area contributed by atoms with Crippen LogP contribution < -0.4 is 16.0 Å². The Morgan fingerprint density at radius 3 is 2.25 bits per heavy atom. The third-order valence-electron chi connectivity index (χ3n) is 6.38. The zero-order chi connectivity index (χ0) is 29.4. The van der Waals surface area contributed by atoms with Gasteiger partial charge in [-0.05, 0) is 54.1 Å². The maximum atomic E-state index is 13.7. The lowest BCUT2D eigenvalue weighted by Crippen LogP contribution is -2.23. The van der Waals surface area contributed by atoms with E-state index in [1.165, 1.54) is 12.1 Å². The van der Waals surface area contributed by atoms with Gasteiger partial charge in [-0.2, -0.15) is 8.78 Å². The van der Waals surface area contributed by atoms with Crippen molar-refractivity contribution in [3.05, 3.63) is 86.6 Å². The van der Waals surface area contributed by atoms with E-state index < -0.39 is 39.7 Å². The number of alkyl halides is 4. The molecular formula is C26H17Cl5F3N3O3. The number of hydrogen-bond acceptors (Lipinski definition) is 4. The number of nitrogens with one attached hydrogen (secondary N) is 3. The van der Waals surface area contributed by atoms with Gasteiger partial charge in [-0.15, -0.1) is 0 Å². The third kappa shape index (κ3) is 5.85. The van der Waals surface area contributed by atoms with Crippen LogP contribution in [0.3, 0.4) is 0 Å². The fourth-order valence-electron chi connectivity index (χ4n) is 4.25. The Morgan fingerprint density at radius 1 is 0.900 bits per heavy atom. The Balaban J connectivity index is 1.53. The molecule has 0 spiro atoms. The Labute approximate surface area is 251 Å². The number of carbonyl (C=O) groups is 3. The second kappa shape index (κ2) is 11.7. The standard InChI is InChI=1S/C26H17Cl5F3N3O3/c27-16-5-3-14(35-10-25(11-38)21(26(25,30)31)12-1-4-17(28)18(29)7-12)9-15(16)23(39)36-19-6-2-13(32)8-20(19)37-24(40)22(33)34/h1-9,11,21-22,35H,10H2,(H,36,39)(H,37,40). The van der Waals surface area contributed by atoms with Crippen LogP contribution in [0.1, 0.15) is 21.8 Å². The Kier molecular flexibility index (Phi) is 8.82. The molecule has 3 aromatic carbocycles. The normalized spacial score (nSPS) is 19.2. The van der Waals surface area contributed by atoms with Crippen LogP contribution in [-0.4, -0.2) is 35.4 Å². The van der Waals surface area contributed by atoms with Crippen LogP contribution in [0.15, 0.2) is 54.6 Å². The zero-order valence-electron chi connectivity index (χ0n) is 19.9. The fraction of sp³-hybridized carbons (Fsp3) is 0.192. The molecule has 4 rings (SSSR count). The van der Waals surface area contributed by atoms with Gasteiger partial charge in [0.15, 0.2) is 0 Å². The minimum atomic E-state index is -3.36. The summed E-state index contributed by atoms with van der Waals surface area (Å²) in [5.74, 6) is -3.91. The second-order valence-electron chi connectivity index (χ2n) is 8.87. The van der Waals surface area contributed by atoms with Gasteiger partial charge in [0, 0.05) is 18.2 Å². The summed E-state index contributed by atoms with van der Waals surface area (Å²) in [6, 6.07) is 12.0. The predicted molar refractivity (Wildman–Crippen MR) is 151 cm³/mol. The molecule has 210 valence electrons. The average molecular weight is 654 g/mol. The van der Waals surface area contributed by atoms with Gasteiger partial charge in [-0.25, -0.2) is 4.39 Å². The first-order valence-electron chi connectivity index (χ1n) is 11.3. The van der Waals surface area contributed by atoms with Crippen molar-refractivity contribution in [3.8, 4) is 0 Å². The molecular weight excluding hydrogens is 637 g/mol. The summed E-state index contributed by atoms with van der Waals surface area (Å²) < 4.78 is 37.6. The van der Waals surface area contributed by atoms with Crippen LogP contribution in [0, 0.1) is 11.2 Å². The lowest BCUT2D eigenvalue weighted by atomic mass is 10.00. The van der Waals surface area contributed by atoms with Crippen molar-refractivity contribution in [2.45, 2.75) is 16.7 Å². The van der Waals surface area contributed by atoms with Crippen molar-refractivity contribution in [3.63, 3.8) is 0 Å². The minimum absolute atomic E-state index is 0.0255. The van der Waals surface area contributed by atoms with E-state index in [0.29, 0.717) is 22.6 Å². The van der Waals surface area contributed by atoms with E-state index in [9.17, 15) is 27.6 Å². The maximum absolute atomic E-state index is 13.7. The number of carbonyl (C=O) groups excluding carboxylic acids is 3. The van der Waals surface area contributed by atoms with E-state index in [0.717, 1.165) is 18.2 Å². The molecule has 14 heteroatoms. The van der Waals surface area contributed by atoms with Crippen LogP contribution >= 0.6 is 58.0 Å². The van der Waals surface area contributed by atoms with Crippen LogP contribution in [0.2, 0.25) is 15.1 Å². The molecule has 3 N–H and O–H groups in total.